The lowest BCUT2D eigenvalue weighted by Gasteiger charge is -2.19. The van der Waals surface area contributed by atoms with Gasteiger partial charge in [-0.1, -0.05) is 293 Å². The Morgan fingerprint density at radius 2 is 0.743 bits per heavy atom. The van der Waals surface area contributed by atoms with Crippen molar-refractivity contribution in [2.45, 2.75) is 309 Å². The van der Waals surface area contributed by atoms with Gasteiger partial charge in [0.05, 0.1) is 13.2 Å². The molecular weight excluding hydrogens is 942 g/mol. The lowest BCUT2D eigenvalue weighted by molar-refractivity contribution is -0.161. The van der Waals surface area contributed by atoms with Gasteiger partial charge in [-0.05, 0) is 57.8 Å². The number of carbonyl (C=O) groups is 2. The van der Waals surface area contributed by atoms with Crippen LogP contribution in [-0.2, 0) is 32.7 Å². The summed E-state index contributed by atoms with van der Waals surface area (Å²) in [5.41, 5.74) is 5.39. The molecule has 0 aliphatic carbocycles. The highest BCUT2D eigenvalue weighted by molar-refractivity contribution is 7.47. The van der Waals surface area contributed by atoms with Gasteiger partial charge in [0.25, 0.3) is 0 Å². The summed E-state index contributed by atoms with van der Waals surface area (Å²) < 4.78 is 33.1. The van der Waals surface area contributed by atoms with Crippen LogP contribution in [0.1, 0.15) is 303 Å². The van der Waals surface area contributed by atoms with Gasteiger partial charge < -0.3 is 20.1 Å². The molecule has 0 aromatic heterocycles. The van der Waals surface area contributed by atoms with Crippen LogP contribution in [0, 0.1) is 0 Å². The summed E-state index contributed by atoms with van der Waals surface area (Å²) in [6.07, 6.45) is 75.7. The van der Waals surface area contributed by atoms with Crippen LogP contribution in [0.4, 0.5) is 0 Å². The standard InChI is InChI=1S/C64H118NO8P/c1-3-5-7-9-11-13-15-17-19-21-23-25-27-28-29-30-31-32-33-34-35-37-39-41-43-45-47-49-51-53-55-57-64(67)73-62(61-72-74(68,69)71-59-58-65)60-70-63(66)56-54-52-50-48-46-44-42-40-38-36-26-24-22-20-18-16-14-12-10-8-6-4-2/h5,7,11,13,17,19,23,25,28-29,62H,3-4,6,8-10,12,14-16,18,20-22,24,26-27,30-61,65H2,1-2H3,(H,68,69)/b7-5-,13-11-,19-17-,25-23-,29-28-. The van der Waals surface area contributed by atoms with Crippen molar-refractivity contribution < 1.29 is 37.6 Å². The molecule has 0 heterocycles. The number of ether oxygens (including phenoxy) is 2. The van der Waals surface area contributed by atoms with Gasteiger partial charge >= 0.3 is 19.8 Å². The lowest BCUT2D eigenvalue weighted by Crippen LogP contribution is -2.29. The van der Waals surface area contributed by atoms with E-state index in [0.717, 1.165) is 70.6 Å². The number of carbonyl (C=O) groups excluding carboxylic acids is 2. The first kappa shape index (κ1) is 71.7. The molecule has 0 fully saturated rings. The van der Waals surface area contributed by atoms with E-state index in [9.17, 15) is 19.0 Å². The highest BCUT2D eigenvalue weighted by Crippen LogP contribution is 2.43. The van der Waals surface area contributed by atoms with Crippen LogP contribution >= 0.6 is 7.82 Å². The number of hydrogen-bond donors (Lipinski definition) is 2. The van der Waals surface area contributed by atoms with Crippen molar-refractivity contribution in [2.24, 2.45) is 5.73 Å². The Kier molecular flexibility index (Phi) is 58.1. The molecule has 0 radical (unpaired) electrons. The Bertz CT molecular complexity index is 1390. The second-order valence-electron chi connectivity index (χ2n) is 20.9. The zero-order chi connectivity index (χ0) is 53.8. The van der Waals surface area contributed by atoms with Crippen LogP contribution in [0.5, 0.6) is 0 Å². The fourth-order valence-corrected chi connectivity index (χ4v) is 9.84. The third-order valence-corrected chi connectivity index (χ3v) is 14.7. The number of hydrogen-bond acceptors (Lipinski definition) is 8. The molecule has 2 atom stereocenters. The Morgan fingerprint density at radius 3 is 1.11 bits per heavy atom. The first-order valence-corrected chi connectivity index (χ1v) is 32.8. The number of phosphoric acid groups is 1. The molecule has 0 saturated carbocycles. The Balaban J connectivity index is 3.90. The van der Waals surface area contributed by atoms with Crippen molar-refractivity contribution in [3.8, 4) is 0 Å². The fourth-order valence-electron chi connectivity index (χ4n) is 9.08. The van der Waals surface area contributed by atoms with Crippen LogP contribution in [-0.4, -0.2) is 49.3 Å². The maximum atomic E-state index is 12.7. The van der Waals surface area contributed by atoms with E-state index >= 15 is 0 Å². The van der Waals surface area contributed by atoms with E-state index in [1.807, 2.05) is 0 Å². The van der Waals surface area contributed by atoms with Crippen molar-refractivity contribution in [2.75, 3.05) is 26.4 Å². The molecule has 0 aromatic rings. The highest BCUT2D eigenvalue weighted by Gasteiger charge is 2.26. The molecular formula is C64H118NO8P. The molecule has 9 nitrogen and oxygen atoms in total. The largest absolute Gasteiger partial charge is 0.472 e. The predicted octanol–water partition coefficient (Wildman–Crippen LogP) is 19.9. The molecule has 0 rings (SSSR count). The SMILES string of the molecule is CC/C=C\C/C=C\C/C=C\C/C=C\C/C=C\CCCCCCCCCCCCCCCCCC(=O)OC(COC(=O)CCCCCCCCCCCCCCCCCCCCCCCC)COP(=O)(O)OCCN. The second-order valence-corrected chi connectivity index (χ2v) is 22.4. The van der Waals surface area contributed by atoms with Crippen LogP contribution in [0.25, 0.3) is 0 Å². The minimum atomic E-state index is -4.39. The molecule has 0 aromatic carbocycles. The summed E-state index contributed by atoms with van der Waals surface area (Å²) in [6.45, 7) is 3.68. The van der Waals surface area contributed by atoms with Gasteiger partial charge in [0.15, 0.2) is 6.10 Å². The van der Waals surface area contributed by atoms with Gasteiger partial charge in [-0.2, -0.15) is 0 Å². The van der Waals surface area contributed by atoms with Crippen molar-refractivity contribution in [3.05, 3.63) is 60.8 Å². The second kappa shape index (κ2) is 59.9. The van der Waals surface area contributed by atoms with Crippen LogP contribution in [0.15, 0.2) is 60.8 Å². The third kappa shape index (κ3) is 59.0. The van der Waals surface area contributed by atoms with E-state index in [1.165, 1.54) is 199 Å². The molecule has 0 aliphatic rings. The van der Waals surface area contributed by atoms with E-state index in [-0.39, 0.29) is 38.6 Å². The Hall–Kier alpha value is -2.29. The number of allylic oxidation sites excluding steroid dienone is 10. The van der Waals surface area contributed by atoms with Gasteiger partial charge in [0.2, 0.25) is 0 Å². The average molecular weight is 1060 g/mol. The summed E-state index contributed by atoms with van der Waals surface area (Å²) in [4.78, 5) is 35.3. The normalized spacial score (nSPS) is 13.4. The van der Waals surface area contributed by atoms with E-state index in [4.69, 9.17) is 24.3 Å². The van der Waals surface area contributed by atoms with E-state index in [0.29, 0.717) is 6.42 Å². The number of rotatable bonds is 59. The van der Waals surface area contributed by atoms with Crippen molar-refractivity contribution >= 4 is 19.8 Å². The Morgan fingerprint density at radius 1 is 0.419 bits per heavy atom. The van der Waals surface area contributed by atoms with E-state index in [2.05, 4.69) is 74.6 Å². The summed E-state index contributed by atoms with van der Waals surface area (Å²) in [5, 5.41) is 0. The van der Waals surface area contributed by atoms with Gasteiger partial charge in [-0.25, -0.2) is 4.57 Å². The zero-order valence-electron chi connectivity index (χ0n) is 48.3. The molecule has 10 heteroatoms. The van der Waals surface area contributed by atoms with Gasteiger partial charge in [-0.3, -0.25) is 18.6 Å². The zero-order valence-corrected chi connectivity index (χ0v) is 49.2. The average Bonchev–Trinajstić information content (AvgIpc) is 3.39. The third-order valence-electron chi connectivity index (χ3n) is 13.7. The molecule has 74 heavy (non-hydrogen) atoms. The number of esters is 2. The molecule has 0 amide bonds. The Labute approximate surface area is 457 Å². The monoisotopic (exact) mass is 1060 g/mol. The van der Waals surface area contributed by atoms with E-state index < -0.39 is 26.5 Å². The highest BCUT2D eigenvalue weighted by atomic mass is 31.2. The number of unbranched alkanes of at least 4 members (excludes halogenated alkanes) is 36. The van der Waals surface area contributed by atoms with Crippen molar-refractivity contribution in [3.63, 3.8) is 0 Å². The fraction of sp³-hybridized carbons (Fsp3) is 0.812. The summed E-state index contributed by atoms with van der Waals surface area (Å²) in [7, 11) is -4.39. The topological polar surface area (TPSA) is 134 Å². The summed E-state index contributed by atoms with van der Waals surface area (Å²) in [5.74, 6) is -0.813. The van der Waals surface area contributed by atoms with Crippen LogP contribution in [0.3, 0.4) is 0 Å². The molecule has 0 aliphatic heterocycles. The number of phosphoric ester groups is 1. The van der Waals surface area contributed by atoms with E-state index in [1.54, 1.807) is 0 Å². The van der Waals surface area contributed by atoms with Crippen LogP contribution in [0.2, 0.25) is 0 Å². The summed E-state index contributed by atoms with van der Waals surface area (Å²) >= 11 is 0. The smallest absolute Gasteiger partial charge is 0.462 e. The predicted molar refractivity (Wildman–Crippen MR) is 316 cm³/mol. The minimum absolute atomic E-state index is 0.0541. The molecule has 432 valence electrons. The van der Waals surface area contributed by atoms with Gasteiger partial charge in [0, 0.05) is 19.4 Å². The quantitative estimate of drug-likeness (QED) is 0.0264. The first-order valence-electron chi connectivity index (χ1n) is 31.3. The van der Waals surface area contributed by atoms with Gasteiger partial charge in [0.1, 0.15) is 6.61 Å². The first-order chi connectivity index (χ1) is 36.3. The van der Waals surface area contributed by atoms with Crippen molar-refractivity contribution in [1.82, 2.24) is 0 Å². The molecule has 0 spiro atoms. The molecule has 2 unspecified atom stereocenters. The van der Waals surface area contributed by atoms with Gasteiger partial charge in [-0.15, -0.1) is 0 Å². The molecule has 0 bridgehead atoms. The minimum Gasteiger partial charge on any atom is -0.462 e. The lowest BCUT2D eigenvalue weighted by atomic mass is 10.0. The maximum absolute atomic E-state index is 12.7. The van der Waals surface area contributed by atoms with Crippen molar-refractivity contribution in [1.29, 1.82) is 0 Å². The molecule has 0 saturated heterocycles. The molecule has 3 N–H and O–H groups in total. The maximum Gasteiger partial charge on any atom is 0.472 e. The van der Waals surface area contributed by atoms with Crippen LogP contribution < -0.4 is 5.73 Å². The summed E-state index contributed by atoms with van der Waals surface area (Å²) in [6, 6.07) is 0. The number of nitrogens with two attached hydrogens (primary N) is 1.